The summed E-state index contributed by atoms with van der Waals surface area (Å²) in [7, 11) is 1.77. The van der Waals surface area contributed by atoms with E-state index in [1.165, 1.54) is 4.68 Å². The third kappa shape index (κ3) is 3.15. The molecule has 2 heterocycles. The van der Waals surface area contributed by atoms with Gasteiger partial charge >= 0.3 is 0 Å². The molecule has 0 spiro atoms. The normalized spacial score (nSPS) is 14.5. The molecule has 0 unspecified atom stereocenters. The smallest absolute Gasteiger partial charge is 0.283 e. The Balaban J connectivity index is 1.80. The summed E-state index contributed by atoms with van der Waals surface area (Å²) >= 11 is 3.21. The van der Waals surface area contributed by atoms with Crippen molar-refractivity contribution < 1.29 is 13.6 Å². The van der Waals surface area contributed by atoms with Crippen LogP contribution in [0.5, 0.6) is 0 Å². The Hall–Kier alpha value is -1.77. The fourth-order valence-corrected chi connectivity index (χ4v) is 3.21. The fourth-order valence-electron chi connectivity index (χ4n) is 2.43. The van der Waals surface area contributed by atoms with E-state index in [1.54, 1.807) is 17.9 Å². The SMILES string of the molecule is Cc1c(NC(=O)Cn2nc(C(F)F)c(Br)c2C2CC2)cnn1C. The van der Waals surface area contributed by atoms with E-state index in [9.17, 15) is 13.6 Å². The Labute approximate surface area is 140 Å². The van der Waals surface area contributed by atoms with Crippen molar-refractivity contribution in [2.75, 3.05) is 5.32 Å². The van der Waals surface area contributed by atoms with Crippen LogP contribution in [0.25, 0.3) is 0 Å². The molecule has 0 bridgehead atoms. The molecule has 2 aromatic heterocycles. The van der Waals surface area contributed by atoms with Crippen molar-refractivity contribution in [1.82, 2.24) is 19.6 Å². The number of nitrogens with zero attached hydrogens (tertiary/aromatic N) is 4. The van der Waals surface area contributed by atoms with Crippen molar-refractivity contribution in [3.63, 3.8) is 0 Å². The minimum absolute atomic E-state index is 0.106. The third-order valence-corrected chi connectivity index (χ3v) is 4.74. The number of amides is 1. The number of hydrogen-bond donors (Lipinski definition) is 1. The summed E-state index contributed by atoms with van der Waals surface area (Å²) in [5.74, 6) is -0.129. The number of hydrogen-bond acceptors (Lipinski definition) is 3. The first kappa shape index (κ1) is 16.1. The molecule has 23 heavy (non-hydrogen) atoms. The molecule has 1 fully saturated rings. The second-order valence-electron chi connectivity index (χ2n) is 5.63. The standard InChI is InChI=1S/C14H16BrF2N5O/c1-7-9(5-18-21(7)2)19-10(23)6-22-13(8-3-4-8)11(15)12(20-22)14(16)17/h5,8,14H,3-4,6H2,1-2H3,(H,19,23). The average Bonchev–Trinajstić information content (AvgIpc) is 3.20. The van der Waals surface area contributed by atoms with Gasteiger partial charge in [0.25, 0.3) is 6.43 Å². The second kappa shape index (κ2) is 6.03. The molecule has 1 aliphatic carbocycles. The topological polar surface area (TPSA) is 64.7 Å². The molecule has 9 heteroatoms. The number of anilines is 1. The molecule has 3 rings (SSSR count). The maximum Gasteiger partial charge on any atom is 0.283 e. The van der Waals surface area contributed by atoms with E-state index in [0.717, 1.165) is 18.5 Å². The third-order valence-electron chi connectivity index (χ3n) is 3.93. The van der Waals surface area contributed by atoms with E-state index >= 15 is 0 Å². The first-order valence-corrected chi connectivity index (χ1v) is 8.00. The predicted octanol–water partition coefficient (Wildman–Crippen LogP) is 3.14. The summed E-state index contributed by atoms with van der Waals surface area (Å²) in [5, 5.41) is 10.7. The number of carbonyl (C=O) groups excluding carboxylic acids is 1. The van der Waals surface area contributed by atoms with Gasteiger partial charge in [-0.15, -0.1) is 0 Å². The van der Waals surface area contributed by atoms with E-state index < -0.39 is 6.43 Å². The van der Waals surface area contributed by atoms with Crippen LogP contribution < -0.4 is 5.32 Å². The number of aromatic nitrogens is 4. The number of nitrogens with one attached hydrogen (secondary N) is 1. The zero-order valence-electron chi connectivity index (χ0n) is 12.7. The number of rotatable bonds is 5. The lowest BCUT2D eigenvalue weighted by atomic mass is 10.2. The van der Waals surface area contributed by atoms with Crippen LogP contribution in [0.3, 0.4) is 0 Å². The molecule has 0 saturated heterocycles. The van der Waals surface area contributed by atoms with E-state index in [-0.39, 0.29) is 24.1 Å². The summed E-state index contributed by atoms with van der Waals surface area (Å²) in [6.45, 7) is 1.73. The van der Waals surface area contributed by atoms with Crippen molar-refractivity contribution in [1.29, 1.82) is 0 Å². The van der Waals surface area contributed by atoms with Crippen LogP contribution in [0.15, 0.2) is 10.7 Å². The molecule has 1 amide bonds. The van der Waals surface area contributed by atoms with Crippen molar-refractivity contribution >= 4 is 27.5 Å². The van der Waals surface area contributed by atoms with Crippen molar-refractivity contribution in [3.05, 3.63) is 27.8 Å². The highest BCUT2D eigenvalue weighted by Gasteiger charge is 2.34. The lowest BCUT2D eigenvalue weighted by Gasteiger charge is -2.08. The highest BCUT2D eigenvalue weighted by Crippen LogP contribution is 2.45. The Kier molecular flexibility index (Phi) is 4.22. The molecule has 0 aromatic carbocycles. The quantitative estimate of drug-likeness (QED) is 0.856. The molecule has 6 nitrogen and oxygen atoms in total. The number of halogens is 3. The molecular weight excluding hydrogens is 372 g/mol. The number of carbonyl (C=O) groups is 1. The van der Waals surface area contributed by atoms with E-state index in [1.807, 2.05) is 6.92 Å². The fraction of sp³-hybridized carbons (Fsp3) is 0.500. The molecule has 1 aliphatic rings. The largest absolute Gasteiger partial charge is 0.322 e. The molecule has 0 aliphatic heterocycles. The van der Waals surface area contributed by atoms with Gasteiger partial charge in [0.1, 0.15) is 12.2 Å². The molecule has 2 aromatic rings. The maximum absolute atomic E-state index is 13.0. The van der Waals surface area contributed by atoms with E-state index in [2.05, 4.69) is 31.4 Å². The monoisotopic (exact) mass is 387 g/mol. The van der Waals surface area contributed by atoms with Gasteiger partial charge in [-0.3, -0.25) is 14.2 Å². The van der Waals surface area contributed by atoms with Crippen molar-refractivity contribution in [2.24, 2.45) is 7.05 Å². The predicted molar refractivity (Wildman–Crippen MR) is 83.4 cm³/mol. The maximum atomic E-state index is 13.0. The van der Waals surface area contributed by atoms with Gasteiger partial charge in [0.15, 0.2) is 0 Å². The zero-order chi connectivity index (χ0) is 16.7. The van der Waals surface area contributed by atoms with Gasteiger partial charge in [0, 0.05) is 13.0 Å². The number of alkyl halides is 2. The summed E-state index contributed by atoms with van der Waals surface area (Å²) in [5.41, 5.74) is 1.79. The van der Waals surface area contributed by atoms with Gasteiger partial charge in [-0.05, 0) is 35.7 Å². The number of aryl methyl sites for hydroxylation is 1. The summed E-state index contributed by atoms with van der Waals surface area (Å²) in [6, 6.07) is 0. The molecule has 0 atom stereocenters. The lowest BCUT2D eigenvalue weighted by Crippen LogP contribution is -2.21. The van der Waals surface area contributed by atoms with Crippen LogP contribution in [0.2, 0.25) is 0 Å². The van der Waals surface area contributed by atoms with Gasteiger partial charge < -0.3 is 5.32 Å². The molecular formula is C14H16BrF2N5O. The van der Waals surface area contributed by atoms with E-state index in [0.29, 0.717) is 15.9 Å². The Morgan fingerprint density at radius 3 is 2.74 bits per heavy atom. The highest BCUT2D eigenvalue weighted by molar-refractivity contribution is 9.10. The van der Waals surface area contributed by atoms with Crippen LogP contribution in [0, 0.1) is 6.92 Å². The van der Waals surface area contributed by atoms with Gasteiger partial charge in [0.2, 0.25) is 5.91 Å². The Bertz CT molecular complexity index is 751. The minimum atomic E-state index is -2.67. The van der Waals surface area contributed by atoms with Crippen molar-refractivity contribution in [2.45, 2.75) is 38.7 Å². The van der Waals surface area contributed by atoms with Gasteiger partial charge in [-0.1, -0.05) is 0 Å². The first-order chi connectivity index (χ1) is 10.9. The van der Waals surface area contributed by atoms with Gasteiger partial charge in [-0.25, -0.2) is 8.78 Å². The zero-order valence-corrected chi connectivity index (χ0v) is 14.3. The van der Waals surface area contributed by atoms with Gasteiger partial charge in [-0.2, -0.15) is 10.2 Å². The summed E-state index contributed by atoms with van der Waals surface area (Å²) in [6.07, 6.45) is 0.734. The first-order valence-electron chi connectivity index (χ1n) is 7.21. The minimum Gasteiger partial charge on any atom is -0.322 e. The Morgan fingerprint density at radius 2 is 2.22 bits per heavy atom. The van der Waals surface area contributed by atoms with Crippen LogP contribution in [0.4, 0.5) is 14.5 Å². The highest BCUT2D eigenvalue weighted by atomic mass is 79.9. The van der Waals surface area contributed by atoms with E-state index in [4.69, 9.17) is 0 Å². The summed E-state index contributed by atoms with van der Waals surface area (Å²) < 4.78 is 29.4. The molecule has 124 valence electrons. The van der Waals surface area contributed by atoms with Crippen LogP contribution in [0.1, 0.15) is 42.3 Å². The second-order valence-corrected chi connectivity index (χ2v) is 6.43. The van der Waals surface area contributed by atoms with Crippen LogP contribution in [-0.4, -0.2) is 25.5 Å². The molecule has 0 radical (unpaired) electrons. The molecule has 1 N–H and O–H groups in total. The van der Waals surface area contributed by atoms with Crippen molar-refractivity contribution in [3.8, 4) is 0 Å². The van der Waals surface area contributed by atoms with Crippen LogP contribution >= 0.6 is 15.9 Å². The van der Waals surface area contributed by atoms with Crippen LogP contribution in [-0.2, 0) is 18.4 Å². The average molecular weight is 388 g/mol. The Morgan fingerprint density at radius 1 is 1.52 bits per heavy atom. The lowest BCUT2D eigenvalue weighted by molar-refractivity contribution is -0.117. The molecule has 1 saturated carbocycles. The summed E-state index contributed by atoms with van der Waals surface area (Å²) in [4.78, 5) is 12.2. The van der Waals surface area contributed by atoms with Gasteiger partial charge in [0.05, 0.1) is 27.7 Å².